The second-order valence-electron chi connectivity index (χ2n) is 9.90. The van der Waals surface area contributed by atoms with E-state index in [0.29, 0.717) is 29.1 Å². The summed E-state index contributed by atoms with van der Waals surface area (Å²) in [6, 6.07) is 16.7. The van der Waals surface area contributed by atoms with Crippen LogP contribution in [0, 0.1) is 12.8 Å². The minimum absolute atomic E-state index is 0.222. The quantitative estimate of drug-likeness (QED) is 0.252. The topological polar surface area (TPSA) is 91.1 Å². The van der Waals surface area contributed by atoms with Crippen molar-refractivity contribution in [1.29, 1.82) is 0 Å². The molecular formula is C30H28N2O6. The molecule has 38 heavy (non-hydrogen) atoms. The Morgan fingerprint density at radius 3 is 2.55 bits per heavy atom. The predicted octanol–water partition coefficient (Wildman–Crippen LogP) is 5.35. The van der Waals surface area contributed by atoms with Gasteiger partial charge in [0.05, 0.1) is 6.61 Å². The van der Waals surface area contributed by atoms with Gasteiger partial charge in [-0.2, -0.15) is 0 Å². The summed E-state index contributed by atoms with van der Waals surface area (Å²) in [5.41, 5.74) is 2.16. The Kier molecular flexibility index (Phi) is 6.55. The third kappa shape index (κ3) is 4.99. The number of ether oxygens (including phenoxy) is 3. The van der Waals surface area contributed by atoms with Crippen LogP contribution in [0.25, 0.3) is 21.7 Å². The van der Waals surface area contributed by atoms with Gasteiger partial charge in [0.25, 0.3) is 5.88 Å². The van der Waals surface area contributed by atoms with Gasteiger partial charge in [-0.3, -0.25) is 4.90 Å². The molecule has 2 bridgehead atoms. The molecule has 4 aromatic rings. The Hall–Kier alpha value is -4.17. The minimum Gasteiger partial charge on any atom is -0.475 e. The summed E-state index contributed by atoms with van der Waals surface area (Å²) in [6.07, 6.45) is 5.18. The maximum absolute atomic E-state index is 12.2. The zero-order valence-electron chi connectivity index (χ0n) is 21.1. The van der Waals surface area contributed by atoms with Crippen LogP contribution >= 0.6 is 0 Å². The molecule has 1 fully saturated rings. The third-order valence-electron chi connectivity index (χ3n) is 7.35. The van der Waals surface area contributed by atoms with E-state index < -0.39 is 11.9 Å². The highest BCUT2D eigenvalue weighted by Gasteiger charge is 2.25. The van der Waals surface area contributed by atoms with Crippen LogP contribution in [-0.2, 0) is 16.1 Å². The lowest BCUT2D eigenvalue weighted by molar-refractivity contribution is -0.131. The molecule has 0 spiro atoms. The van der Waals surface area contributed by atoms with E-state index in [4.69, 9.17) is 18.7 Å². The summed E-state index contributed by atoms with van der Waals surface area (Å²) < 4.78 is 22.2. The fourth-order valence-corrected chi connectivity index (χ4v) is 5.22. The first-order valence-electron chi connectivity index (χ1n) is 12.9. The van der Waals surface area contributed by atoms with Crippen LogP contribution in [0.5, 0.6) is 17.4 Å². The van der Waals surface area contributed by atoms with Gasteiger partial charge in [-0.25, -0.2) is 9.59 Å². The van der Waals surface area contributed by atoms with E-state index in [2.05, 4.69) is 52.5 Å². The first kappa shape index (κ1) is 24.2. The molecule has 194 valence electrons. The second kappa shape index (κ2) is 10.3. The smallest absolute Gasteiger partial charge is 0.336 e. The van der Waals surface area contributed by atoms with Gasteiger partial charge in [0.15, 0.2) is 11.3 Å². The highest BCUT2D eigenvalue weighted by molar-refractivity contribution is 5.99. The van der Waals surface area contributed by atoms with E-state index in [0.717, 1.165) is 51.0 Å². The van der Waals surface area contributed by atoms with Gasteiger partial charge in [-0.05, 0) is 72.8 Å². The van der Waals surface area contributed by atoms with E-state index in [1.807, 2.05) is 0 Å². The minimum atomic E-state index is -0.687. The molecule has 1 saturated heterocycles. The van der Waals surface area contributed by atoms with Crippen molar-refractivity contribution in [3.05, 3.63) is 71.8 Å². The van der Waals surface area contributed by atoms with Crippen molar-refractivity contribution in [2.24, 2.45) is 5.92 Å². The van der Waals surface area contributed by atoms with Crippen LogP contribution in [0.1, 0.15) is 30.4 Å². The Bertz CT molecular complexity index is 1550. The molecule has 1 aromatic heterocycles. The van der Waals surface area contributed by atoms with Gasteiger partial charge in [-0.15, -0.1) is 0 Å². The van der Waals surface area contributed by atoms with Crippen molar-refractivity contribution < 1.29 is 28.3 Å². The number of piperidine rings is 1. The van der Waals surface area contributed by atoms with Gasteiger partial charge >= 0.3 is 11.9 Å². The molecule has 0 saturated carbocycles. The maximum atomic E-state index is 12.2. The van der Waals surface area contributed by atoms with Gasteiger partial charge < -0.3 is 18.7 Å². The highest BCUT2D eigenvalue weighted by Crippen LogP contribution is 2.42. The van der Waals surface area contributed by atoms with Crippen molar-refractivity contribution in [3.63, 3.8) is 0 Å². The molecule has 0 unspecified atom stereocenters. The number of rotatable bonds is 6. The zero-order valence-corrected chi connectivity index (χ0v) is 21.1. The average Bonchev–Trinajstić information content (AvgIpc) is 3.33. The number of nitrogens with zero attached hydrogens (tertiary/aromatic N) is 2. The van der Waals surface area contributed by atoms with Crippen LogP contribution in [0.2, 0.25) is 0 Å². The van der Waals surface area contributed by atoms with Crippen molar-refractivity contribution >= 4 is 33.7 Å². The van der Waals surface area contributed by atoms with E-state index in [1.165, 1.54) is 16.3 Å². The lowest BCUT2D eigenvalue weighted by atomic mass is 9.93. The summed E-state index contributed by atoms with van der Waals surface area (Å²) in [4.78, 5) is 26.6. The van der Waals surface area contributed by atoms with Crippen molar-refractivity contribution in [1.82, 2.24) is 10.1 Å². The number of hydrogen-bond acceptors (Lipinski definition) is 8. The second-order valence-corrected chi connectivity index (χ2v) is 9.90. The summed E-state index contributed by atoms with van der Waals surface area (Å²) in [6.45, 7) is 5.25. The van der Waals surface area contributed by atoms with E-state index >= 15 is 0 Å². The van der Waals surface area contributed by atoms with E-state index in [1.54, 1.807) is 13.0 Å². The molecule has 0 amide bonds. The highest BCUT2D eigenvalue weighted by atomic mass is 16.6. The molecule has 8 nitrogen and oxygen atoms in total. The fraction of sp³-hybridized carbons (Fsp3) is 0.300. The summed E-state index contributed by atoms with van der Waals surface area (Å²) in [7, 11) is 0. The van der Waals surface area contributed by atoms with Crippen LogP contribution in [0.3, 0.4) is 0 Å². The first-order valence-corrected chi connectivity index (χ1v) is 12.9. The number of carbonyl (C=O) groups is 2. The standard InChI is InChI=1S/C30H28N2O6/c1-19-24-17-25-28(29(19)37-27(34)9-8-26(33)36-24)30(31-38-25)35-15-12-20-10-13-32(14-11-20)18-21-6-7-22-4-2-3-5-23(22)16-21/h2-9,16-17,20H,10-15,18H2,1H3/b9-8+. The van der Waals surface area contributed by atoms with Crippen molar-refractivity contribution in [3.8, 4) is 17.4 Å². The Labute approximate surface area is 219 Å². The third-order valence-corrected chi connectivity index (χ3v) is 7.35. The Morgan fingerprint density at radius 1 is 0.974 bits per heavy atom. The number of carbonyl (C=O) groups excluding carboxylic acids is 2. The van der Waals surface area contributed by atoms with Gasteiger partial charge in [0.1, 0.15) is 11.1 Å². The van der Waals surface area contributed by atoms with Crippen molar-refractivity contribution in [2.45, 2.75) is 32.7 Å². The number of fused-ring (bicyclic) bond motifs is 5. The summed E-state index contributed by atoms with van der Waals surface area (Å²) in [5.74, 6) is -0.0642. The number of benzene rings is 3. The van der Waals surface area contributed by atoms with Crippen molar-refractivity contribution in [2.75, 3.05) is 19.7 Å². The molecule has 2 aliphatic heterocycles. The lowest BCUT2D eigenvalue weighted by Gasteiger charge is -2.32. The Balaban J connectivity index is 1.06. The molecular weight excluding hydrogens is 484 g/mol. The fourth-order valence-electron chi connectivity index (χ4n) is 5.22. The average molecular weight is 513 g/mol. The normalized spacial score (nSPS) is 17.5. The van der Waals surface area contributed by atoms with Crippen LogP contribution in [0.4, 0.5) is 0 Å². The molecule has 0 N–H and O–H groups in total. The maximum Gasteiger partial charge on any atom is 0.336 e. The molecule has 0 atom stereocenters. The summed E-state index contributed by atoms with van der Waals surface area (Å²) in [5, 5.41) is 7.06. The molecule has 0 radical (unpaired) electrons. The molecule has 2 aliphatic rings. The molecule has 3 aromatic carbocycles. The van der Waals surface area contributed by atoms with Gasteiger partial charge in [-0.1, -0.05) is 36.4 Å². The molecule has 0 aliphatic carbocycles. The van der Waals surface area contributed by atoms with Gasteiger partial charge in [0.2, 0.25) is 0 Å². The SMILES string of the molecule is Cc1c2cc3onc(OCCC4CCN(Cc5ccc6ccccc6c5)CC4)c3c1OC(=O)/C=C/C(=O)O2. The van der Waals surface area contributed by atoms with E-state index in [-0.39, 0.29) is 17.4 Å². The van der Waals surface area contributed by atoms with Crippen LogP contribution < -0.4 is 14.2 Å². The number of esters is 2. The summed E-state index contributed by atoms with van der Waals surface area (Å²) >= 11 is 0. The van der Waals surface area contributed by atoms with Crippen LogP contribution in [-0.4, -0.2) is 41.7 Å². The monoisotopic (exact) mass is 512 g/mol. The number of aromatic nitrogens is 1. The number of hydrogen-bond donors (Lipinski definition) is 0. The first-order chi connectivity index (χ1) is 18.5. The lowest BCUT2D eigenvalue weighted by Crippen LogP contribution is -2.33. The number of likely N-dealkylation sites (tertiary alicyclic amines) is 1. The molecule has 8 heteroatoms. The predicted molar refractivity (Wildman–Crippen MR) is 141 cm³/mol. The zero-order chi connectivity index (χ0) is 26.1. The van der Waals surface area contributed by atoms with Gasteiger partial charge in [0, 0.05) is 30.3 Å². The Morgan fingerprint density at radius 2 is 1.74 bits per heavy atom. The van der Waals surface area contributed by atoms with E-state index in [9.17, 15) is 9.59 Å². The molecule has 3 heterocycles. The molecule has 6 rings (SSSR count). The largest absolute Gasteiger partial charge is 0.475 e. The van der Waals surface area contributed by atoms with Crippen LogP contribution in [0.15, 0.2) is 65.2 Å².